The maximum absolute atomic E-state index is 12.6. The molecule has 2 aromatic carbocycles. The number of carbonyl (C=O) groups excluding carboxylic acids is 1. The molecule has 0 spiro atoms. The molecule has 146 valence electrons. The normalized spacial score (nSPS) is 10.7. The molecular formula is C22H20N4O3. The highest BCUT2D eigenvalue weighted by Gasteiger charge is 2.16. The molecule has 2 heterocycles. The fourth-order valence-electron chi connectivity index (χ4n) is 2.89. The van der Waals surface area contributed by atoms with Crippen LogP contribution < -0.4 is 10.1 Å². The highest BCUT2D eigenvalue weighted by atomic mass is 16.5. The summed E-state index contributed by atoms with van der Waals surface area (Å²) in [6, 6.07) is 18.9. The van der Waals surface area contributed by atoms with Gasteiger partial charge < -0.3 is 14.6 Å². The monoisotopic (exact) mass is 388 g/mol. The van der Waals surface area contributed by atoms with Crippen LogP contribution in [0.25, 0.3) is 11.3 Å². The molecule has 0 bridgehead atoms. The number of nitrogens with one attached hydrogen (secondary N) is 1. The van der Waals surface area contributed by atoms with Crippen molar-refractivity contribution >= 4 is 11.7 Å². The number of benzene rings is 2. The molecule has 0 atom stereocenters. The summed E-state index contributed by atoms with van der Waals surface area (Å²) in [4.78, 5) is 12.6. The highest BCUT2D eigenvalue weighted by Crippen LogP contribution is 2.23. The lowest BCUT2D eigenvalue weighted by Crippen LogP contribution is -2.16. The van der Waals surface area contributed by atoms with E-state index in [1.165, 1.54) is 5.56 Å². The second-order valence-electron chi connectivity index (χ2n) is 6.62. The van der Waals surface area contributed by atoms with Crippen LogP contribution in [0.1, 0.15) is 21.6 Å². The molecule has 0 aliphatic rings. The summed E-state index contributed by atoms with van der Waals surface area (Å²) in [5.74, 6) is 1.47. The predicted octanol–water partition coefficient (Wildman–Crippen LogP) is 4.16. The van der Waals surface area contributed by atoms with Gasteiger partial charge in [-0.15, -0.1) is 0 Å². The Balaban J connectivity index is 1.47. The van der Waals surface area contributed by atoms with Gasteiger partial charge in [-0.05, 0) is 36.8 Å². The Hall–Kier alpha value is -3.87. The van der Waals surface area contributed by atoms with Crippen molar-refractivity contribution in [3.8, 4) is 17.1 Å². The Labute approximate surface area is 167 Å². The number of hydrogen-bond donors (Lipinski definition) is 1. The maximum atomic E-state index is 12.6. The fourth-order valence-corrected chi connectivity index (χ4v) is 2.89. The molecular weight excluding hydrogens is 368 g/mol. The summed E-state index contributed by atoms with van der Waals surface area (Å²) in [5.41, 5.74) is 3.29. The molecule has 0 aliphatic heterocycles. The molecule has 0 radical (unpaired) electrons. The summed E-state index contributed by atoms with van der Waals surface area (Å²) >= 11 is 0. The third-order valence-corrected chi connectivity index (χ3v) is 4.53. The van der Waals surface area contributed by atoms with Crippen LogP contribution in [-0.4, -0.2) is 28.0 Å². The van der Waals surface area contributed by atoms with E-state index in [0.29, 0.717) is 18.1 Å². The first kappa shape index (κ1) is 18.5. The number of carbonyl (C=O) groups is 1. The van der Waals surface area contributed by atoms with Crippen molar-refractivity contribution in [1.29, 1.82) is 0 Å². The number of nitrogens with zero attached hydrogens (tertiary/aromatic N) is 3. The Morgan fingerprint density at radius 3 is 2.59 bits per heavy atom. The van der Waals surface area contributed by atoms with E-state index >= 15 is 0 Å². The van der Waals surface area contributed by atoms with Crippen LogP contribution in [0.2, 0.25) is 0 Å². The third-order valence-electron chi connectivity index (χ3n) is 4.53. The topological polar surface area (TPSA) is 82.2 Å². The van der Waals surface area contributed by atoms with Gasteiger partial charge in [-0.3, -0.25) is 4.79 Å². The SMILES string of the molecule is COc1ccc(-c2cc(C(=O)Nc3ccnn3Cc3ccc(C)cc3)no2)cc1. The highest BCUT2D eigenvalue weighted by molar-refractivity contribution is 6.02. The Morgan fingerprint density at radius 1 is 1.10 bits per heavy atom. The van der Waals surface area contributed by atoms with Crippen LogP contribution in [0.4, 0.5) is 5.82 Å². The molecule has 0 saturated carbocycles. The number of methoxy groups -OCH3 is 1. The summed E-state index contributed by atoms with van der Waals surface area (Å²) in [6.45, 7) is 2.60. The number of hydrogen-bond acceptors (Lipinski definition) is 5. The quantitative estimate of drug-likeness (QED) is 0.536. The molecule has 29 heavy (non-hydrogen) atoms. The fraction of sp³-hybridized carbons (Fsp3) is 0.136. The third kappa shape index (κ3) is 4.19. The van der Waals surface area contributed by atoms with Gasteiger partial charge in [0.2, 0.25) is 0 Å². The summed E-state index contributed by atoms with van der Waals surface area (Å²) < 4.78 is 12.2. The number of anilines is 1. The summed E-state index contributed by atoms with van der Waals surface area (Å²) in [6.07, 6.45) is 1.65. The molecule has 1 N–H and O–H groups in total. The molecule has 0 unspecified atom stereocenters. The van der Waals surface area contributed by atoms with E-state index in [4.69, 9.17) is 9.26 Å². The van der Waals surface area contributed by atoms with E-state index in [1.54, 1.807) is 30.1 Å². The maximum Gasteiger partial charge on any atom is 0.279 e. The number of aromatic nitrogens is 3. The minimum absolute atomic E-state index is 0.193. The first-order valence-electron chi connectivity index (χ1n) is 9.12. The van der Waals surface area contributed by atoms with Crippen molar-refractivity contribution in [3.05, 3.63) is 83.7 Å². The molecule has 0 fully saturated rings. The van der Waals surface area contributed by atoms with Crippen molar-refractivity contribution in [3.63, 3.8) is 0 Å². The minimum Gasteiger partial charge on any atom is -0.497 e. The smallest absolute Gasteiger partial charge is 0.279 e. The molecule has 1 amide bonds. The zero-order valence-corrected chi connectivity index (χ0v) is 16.1. The van der Waals surface area contributed by atoms with Crippen molar-refractivity contribution in [2.24, 2.45) is 0 Å². The van der Waals surface area contributed by atoms with Crippen molar-refractivity contribution < 1.29 is 14.1 Å². The van der Waals surface area contributed by atoms with Gasteiger partial charge in [0, 0.05) is 17.7 Å². The van der Waals surface area contributed by atoms with Crippen LogP contribution in [-0.2, 0) is 6.54 Å². The van der Waals surface area contributed by atoms with E-state index in [9.17, 15) is 4.79 Å². The van der Waals surface area contributed by atoms with Gasteiger partial charge in [-0.2, -0.15) is 5.10 Å². The second-order valence-corrected chi connectivity index (χ2v) is 6.62. The number of ether oxygens (including phenoxy) is 1. The van der Waals surface area contributed by atoms with Crippen LogP contribution >= 0.6 is 0 Å². The molecule has 0 aliphatic carbocycles. The van der Waals surface area contributed by atoms with E-state index in [2.05, 4.69) is 15.6 Å². The van der Waals surface area contributed by atoms with Gasteiger partial charge in [-0.25, -0.2) is 4.68 Å². The van der Waals surface area contributed by atoms with E-state index in [1.807, 2.05) is 55.5 Å². The molecule has 2 aromatic heterocycles. The lowest BCUT2D eigenvalue weighted by molar-refractivity contribution is 0.101. The average molecular weight is 388 g/mol. The Kier molecular flexibility index (Phi) is 5.11. The van der Waals surface area contributed by atoms with Gasteiger partial charge in [0.05, 0.1) is 19.9 Å². The zero-order chi connectivity index (χ0) is 20.2. The van der Waals surface area contributed by atoms with Crippen LogP contribution in [0, 0.1) is 6.92 Å². The summed E-state index contributed by atoms with van der Waals surface area (Å²) in [7, 11) is 1.61. The number of aryl methyl sites for hydroxylation is 1. The standard InChI is InChI=1S/C22H20N4O3/c1-15-3-5-16(6-4-15)14-26-21(11-12-23-26)24-22(27)19-13-20(29-25-19)17-7-9-18(28-2)10-8-17/h3-13H,14H2,1-2H3,(H,24,27). The first-order chi connectivity index (χ1) is 14.1. The Morgan fingerprint density at radius 2 is 1.86 bits per heavy atom. The molecule has 4 rings (SSSR count). The predicted molar refractivity (Wildman–Crippen MR) is 109 cm³/mol. The van der Waals surface area contributed by atoms with Crippen LogP contribution in [0.15, 0.2) is 71.4 Å². The molecule has 4 aromatic rings. The van der Waals surface area contributed by atoms with E-state index in [0.717, 1.165) is 16.9 Å². The largest absolute Gasteiger partial charge is 0.497 e. The van der Waals surface area contributed by atoms with Gasteiger partial charge >= 0.3 is 0 Å². The minimum atomic E-state index is -0.362. The Bertz CT molecular complexity index is 1110. The van der Waals surface area contributed by atoms with Crippen molar-refractivity contribution in [2.75, 3.05) is 12.4 Å². The van der Waals surface area contributed by atoms with E-state index < -0.39 is 0 Å². The van der Waals surface area contributed by atoms with Crippen LogP contribution in [0.3, 0.4) is 0 Å². The van der Waals surface area contributed by atoms with E-state index in [-0.39, 0.29) is 11.6 Å². The molecule has 7 heteroatoms. The summed E-state index contributed by atoms with van der Waals surface area (Å²) in [5, 5.41) is 11.0. The average Bonchev–Trinajstić information content (AvgIpc) is 3.40. The number of rotatable bonds is 6. The second kappa shape index (κ2) is 8.02. The van der Waals surface area contributed by atoms with Crippen molar-refractivity contribution in [1.82, 2.24) is 14.9 Å². The molecule has 0 saturated heterocycles. The zero-order valence-electron chi connectivity index (χ0n) is 16.1. The van der Waals surface area contributed by atoms with Crippen LogP contribution in [0.5, 0.6) is 5.75 Å². The first-order valence-corrected chi connectivity index (χ1v) is 9.12. The van der Waals surface area contributed by atoms with Gasteiger partial charge in [0.1, 0.15) is 11.6 Å². The van der Waals surface area contributed by atoms with Gasteiger partial charge in [0.25, 0.3) is 5.91 Å². The lowest BCUT2D eigenvalue weighted by Gasteiger charge is -2.08. The lowest BCUT2D eigenvalue weighted by atomic mass is 10.1. The van der Waals surface area contributed by atoms with Gasteiger partial charge in [0.15, 0.2) is 11.5 Å². The number of amides is 1. The molecule has 7 nitrogen and oxygen atoms in total. The van der Waals surface area contributed by atoms with Gasteiger partial charge in [-0.1, -0.05) is 35.0 Å². The van der Waals surface area contributed by atoms with Crippen molar-refractivity contribution in [2.45, 2.75) is 13.5 Å².